The maximum absolute atomic E-state index is 8.89. The summed E-state index contributed by atoms with van der Waals surface area (Å²) in [6.45, 7) is 0. The molecule has 64 valence electrons. The third-order valence-corrected chi connectivity index (χ3v) is 3.67. The number of anilines is 1. The van der Waals surface area contributed by atoms with Crippen molar-refractivity contribution in [2.75, 3.05) is 5.73 Å². The van der Waals surface area contributed by atoms with Gasteiger partial charge in [-0.15, -0.1) is 11.3 Å². The van der Waals surface area contributed by atoms with E-state index >= 15 is 0 Å². The van der Waals surface area contributed by atoms with E-state index in [1.165, 1.54) is 0 Å². The molecule has 0 unspecified atom stereocenters. The molecule has 0 aliphatic rings. The first-order valence-electron chi connectivity index (χ1n) is 3.59. The van der Waals surface area contributed by atoms with Crippen LogP contribution in [-0.2, 0) is 0 Å². The molecule has 0 spiro atoms. The predicted octanol–water partition coefficient (Wildman–Crippen LogP) is 3.12. The van der Waals surface area contributed by atoms with Crippen molar-refractivity contribution in [3.8, 4) is 6.07 Å². The van der Waals surface area contributed by atoms with Crippen LogP contribution in [0.1, 0.15) is 5.56 Å². The zero-order valence-electron chi connectivity index (χ0n) is 6.54. The third-order valence-electron chi connectivity index (χ3n) is 1.83. The number of benzene rings is 1. The lowest BCUT2D eigenvalue weighted by Crippen LogP contribution is -1.90. The number of rotatable bonds is 0. The Bertz CT molecular complexity index is 510. The summed E-state index contributed by atoms with van der Waals surface area (Å²) in [5.74, 6) is 0. The number of nitriles is 1. The molecular formula is C9H5BrN2S. The van der Waals surface area contributed by atoms with Gasteiger partial charge in [-0.2, -0.15) is 5.26 Å². The monoisotopic (exact) mass is 252 g/mol. The SMILES string of the molecule is N#Cc1c(N)cc(Br)c2sccc12. The summed E-state index contributed by atoms with van der Waals surface area (Å²) in [6, 6.07) is 5.80. The van der Waals surface area contributed by atoms with Crippen LogP contribution in [0.2, 0.25) is 0 Å². The molecule has 0 aliphatic carbocycles. The molecule has 0 aliphatic heterocycles. The molecule has 1 aromatic carbocycles. The smallest absolute Gasteiger partial charge is 0.102 e. The zero-order chi connectivity index (χ0) is 9.42. The molecule has 0 atom stereocenters. The van der Waals surface area contributed by atoms with E-state index in [-0.39, 0.29) is 0 Å². The van der Waals surface area contributed by atoms with Crippen molar-refractivity contribution in [1.29, 1.82) is 5.26 Å². The molecule has 2 nitrogen and oxygen atoms in total. The summed E-state index contributed by atoms with van der Waals surface area (Å²) in [6.07, 6.45) is 0. The summed E-state index contributed by atoms with van der Waals surface area (Å²) in [5, 5.41) is 11.8. The third kappa shape index (κ3) is 1.21. The summed E-state index contributed by atoms with van der Waals surface area (Å²) < 4.78 is 2.03. The quantitative estimate of drug-likeness (QED) is 0.733. The molecule has 1 aromatic heterocycles. The fourth-order valence-corrected chi connectivity index (χ4v) is 2.79. The first kappa shape index (κ1) is 8.54. The Balaban J connectivity index is 2.99. The average molecular weight is 253 g/mol. The van der Waals surface area contributed by atoms with Gasteiger partial charge in [-0.05, 0) is 33.4 Å². The van der Waals surface area contributed by atoms with Crippen LogP contribution < -0.4 is 5.73 Å². The molecule has 13 heavy (non-hydrogen) atoms. The van der Waals surface area contributed by atoms with Crippen molar-refractivity contribution in [3.05, 3.63) is 27.5 Å². The average Bonchev–Trinajstić information content (AvgIpc) is 2.53. The first-order chi connectivity index (χ1) is 6.24. The molecule has 0 saturated heterocycles. The van der Waals surface area contributed by atoms with Crippen LogP contribution in [0.4, 0.5) is 5.69 Å². The Morgan fingerprint density at radius 2 is 2.31 bits per heavy atom. The molecule has 4 heteroatoms. The molecule has 2 N–H and O–H groups in total. The number of nitrogen functional groups attached to an aromatic ring is 1. The van der Waals surface area contributed by atoms with E-state index in [1.54, 1.807) is 17.4 Å². The second-order valence-electron chi connectivity index (χ2n) is 2.60. The van der Waals surface area contributed by atoms with Crippen LogP contribution in [0, 0.1) is 11.3 Å². The number of thiophene rings is 1. The molecule has 0 bridgehead atoms. The van der Waals surface area contributed by atoms with E-state index in [4.69, 9.17) is 11.0 Å². The number of hydrogen-bond acceptors (Lipinski definition) is 3. The second kappa shape index (κ2) is 3.02. The van der Waals surface area contributed by atoms with Gasteiger partial charge in [-0.1, -0.05) is 0 Å². The zero-order valence-corrected chi connectivity index (χ0v) is 8.95. The maximum atomic E-state index is 8.89. The van der Waals surface area contributed by atoms with Crippen molar-refractivity contribution >= 4 is 43.0 Å². The lowest BCUT2D eigenvalue weighted by atomic mass is 10.1. The Labute approximate surface area is 87.7 Å². The van der Waals surface area contributed by atoms with E-state index in [9.17, 15) is 0 Å². The van der Waals surface area contributed by atoms with Gasteiger partial charge in [-0.3, -0.25) is 0 Å². The van der Waals surface area contributed by atoms with Gasteiger partial charge in [-0.25, -0.2) is 0 Å². The normalized spacial score (nSPS) is 10.2. The van der Waals surface area contributed by atoms with Gasteiger partial charge in [0.15, 0.2) is 0 Å². The fourth-order valence-electron chi connectivity index (χ4n) is 1.25. The van der Waals surface area contributed by atoms with E-state index in [2.05, 4.69) is 22.0 Å². The Morgan fingerprint density at radius 1 is 1.54 bits per heavy atom. The number of nitrogens with zero attached hydrogens (tertiary/aromatic N) is 1. The van der Waals surface area contributed by atoms with Gasteiger partial charge in [0.25, 0.3) is 0 Å². The molecule has 1 heterocycles. The van der Waals surface area contributed by atoms with Crippen LogP contribution >= 0.6 is 27.3 Å². The van der Waals surface area contributed by atoms with E-state index < -0.39 is 0 Å². The Kier molecular flexibility index (Phi) is 1.98. The number of fused-ring (bicyclic) bond motifs is 1. The van der Waals surface area contributed by atoms with Crippen LogP contribution in [0.3, 0.4) is 0 Å². The molecule has 0 amide bonds. The highest BCUT2D eigenvalue weighted by atomic mass is 79.9. The minimum absolute atomic E-state index is 0.528. The molecule has 2 aromatic rings. The molecule has 2 rings (SSSR count). The van der Waals surface area contributed by atoms with Crippen molar-refractivity contribution < 1.29 is 0 Å². The van der Waals surface area contributed by atoms with Gasteiger partial charge in [0, 0.05) is 14.6 Å². The summed E-state index contributed by atoms with van der Waals surface area (Å²) >= 11 is 5.01. The van der Waals surface area contributed by atoms with Crippen molar-refractivity contribution in [1.82, 2.24) is 0 Å². The molecule has 0 fully saturated rings. The summed E-state index contributed by atoms with van der Waals surface area (Å²) in [5.41, 5.74) is 6.81. The Hall–Kier alpha value is -1.05. The van der Waals surface area contributed by atoms with Crippen LogP contribution in [-0.4, -0.2) is 0 Å². The van der Waals surface area contributed by atoms with Crippen molar-refractivity contribution in [2.24, 2.45) is 0 Å². The summed E-state index contributed by atoms with van der Waals surface area (Å²) in [4.78, 5) is 0. The highest BCUT2D eigenvalue weighted by Gasteiger charge is 2.08. The first-order valence-corrected chi connectivity index (χ1v) is 5.26. The maximum Gasteiger partial charge on any atom is 0.102 e. The lowest BCUT2D eigenvalue weighted by Gasteiger charge is -2.00. The highest BCUT2D eigenvalue weighted by Crippen LogP contribution is 2.34. The van der Waals surface area contributed by atoms with Gasteiger partial charge in [0.05, 0.1) is 11.3 Å². The van der Waals surface area contributed by atoms with Gasteiger partial charge >= 0.3 is 0 Å². The van der Waals surface area contributed by atoms with Crippen molar-refractivity contribution in [3.63, 3.8) is 0 Å². The predicted molar refractivity (Wildman–Crippen MR) is 58.7 cm³/mol. The highest BCUT2D eigenvalue weighted by molar-refractivity contribution is 9.10. The van der Waals surface area contributed by atoms with Crippen LogP contribution in [0.15, 0.2) is 22.0 Å². The summed E-state index contributed by atoms with van der Waals surface area (Å²) in [7, 11) is 0. The minimum Gasteiger partial charge on any atom is -0.398 e. The number of hydrogen-bond donors (Lipinski definition) is 1. The van der Waals surface area contributed by atoms with Gasteiger partial charge in [0.1, 0.15) is 6.07 Å². The number of halogens is 1. The van der Waals surface area contributed by atoms with Gasteiger partial charge in [0.2, 0.25) is 0 Å². The number of nitrogens with two attached hydrogens (primary N) is 1. The minimum atomic E-state index is 0.528. The topological polar surface area (TPSA) is 49.8 Å². The largest absolute Gasteiger partial charge is 0.398 e. The van der Waals surface area contributed by atoms with Crippen LogP contribution in [0.5, 0.6) is 0 Å². The standard InChI is InChI=1S/C9H5BrN2S/c10-7-3-8(12)6(4-11)5-1-2-13-9(5)7/h1-3H,12H2. The van der Waals surface area contributed by atoms with Crippen molar-refractivity contribution in [2.45, 2.75) is 0 Å². The fraction of sp³-hybridized carbons (Fsp3) is 0. The lowest BCUT2D eigenvalue weighted by molar-refractivity contribution is 1.50. The second-order valence-corrected chi connectivity index (χ2v) is 4.37. The van der Waals surface area contributed by atoms with E-state index in [0.29, 0.717) is 11.3 Å². The Morgan fingerprint density at radius 3 is 3.00 bits per heavy atom. The van der Waals surface area contributed by atoms with E-state index in [1.807, 2.05) is 11.4 Å². The van der Waals surface area contributed by atoms with Gasteiger partial charge < -0.3 is 5.73 Å². The van der Waals surface area contributed by atoms with Crippen LogP contribution in [0.25, 0.3) is 10.1 Å². The molecule has 0 radical (unpaired) electrons. The van der Waals surface area contributed by atoms with E-state index in [0.717, 1.165) is 14.6 Å². The molecule has 0 saturated carbocycles. The molecular weight excluding hydrogens is 248 g/mol.